The molecule has 0 unspecified atom stereocenters. The van der Waals surface area contributed by atoms with Crippen LogP contribution in [0.4, 0.5) is 0 Å². The van der Waals surface area contributed by atoms with Crippen molar-refractivity contribution in [2.75, 3.05) is 52.9 Å². The maximum atomic E-state index is 13.1. The van der Waals surface area contributed by atoms with Gasteiger partial charge >= 0.3 is 11.9 Å². The van der Waals surface area contributed by atoms with Crippen molar-refractivity contribution in [2.24, 2.45) is 0 Å². The molecule has 8 nitrogen and oxygen atoms in total. The minimum Gasteiger partial charge on any atom is -0.462 e. The van der Waals surface area contributed by atoms with Crippen molar-refractivity contribution < 1.29 is 33.3 Å². The van der Waals surface area contributed by atoms with Crippen LogP contribution in [0.15, 0.2) is 60.8 Å². The van der Waals surface area contributed by atoms with Crippen molar-refractivity contribution in [3.05, 3.63) is 71.9 Å². The van der Waals surface area contributed by atoms with Gasteiger partial charge in [-0.25, -0.2) is 0 Å². The van der Waals surface area contributed by atoms with Crippen molar-refractivity contribution in [3.63, 3.8) is 0 Å². The van der Waals surface area contributed by atoms with Gasteiger partial charge in [-0.2, -0.15) is 0 Å². The first-order chi connectivity index (χ1) is 16.7. The average Bonchev–Trinajstić information content (AvgIpc) is 3.20. The van der Waals surface area contributed by atoms with Crippen LogP contribution in [0.5, 0.6) is 0 Å². The van der Waals surface area contributed by atoms with Crippen molar-refractivity contribution in [1.82, 2.24) is 4.57 Å². The van der Waals surface area contributed by atoms with Gasteiger partial charge in [0.1, 0.15) is 13.2 Å². The summed E-state index contributed by atoms with van der Waals surface area (Å²) in [4.78, 5) is 26.2. The van der Waals surface area contributed by atoms with Crippen molar-refractivity contribution >= 4 is 22.8 Å². The van der Waals surface area contributed by atoms with Crippen LogP contribution in [0, 0.1) is 0 Å². The SMILES string of the molecule is O=C1OCCOCCOCCOCCOC(=O)C1c1cn(Cc2ccccc2)c2ccccc12. The van der Waals surface area contributed by atoms with Crippen LogP contribution in [0.25, 0.3) is 10.9 Å². The second kappa shape index (κ2) is 12.3. The number of esters is 2. The maximum absolute atomic E-state index is 13.1. The van der Waals surface area contributed by atoms with E-state index in [1.54, 1.807) is 0 Å². The number of aromatic nitrogens is 1. The maximum Gasteiger partial charge on any atom is 0.325 e. The Kier molecular flexibility index (Phi) is 8.67. The number of cyclic esters (lactones) is 2. The lowest BCUT2D eigenvalue weighted by atomic mass is 9.98. The summed E-state index contributed by atoms with van der Waals surface area (Å²) in [5.41, 5.74) is 2.58. The molecule has 1 fully saturated rings. The van der Waals surface area contributed by atoms with E-state index in [0.29, 0.717) is 38.5 Å². The number of ether oxygens (including phenoxy) is 5. The Balaban J connectivity index is 1.61. The summed E-state index contributed by atoms with van der Waals surface area (Å²) >= 11 is 0. The molecule has 1 aliphatic heterocycles. The lowest BCUT2D eigenvalue weighted by Crippen LogP contribution is -2.28. The Morgan fingerprint density at radius 2 is 1.21 bits per heavy atom. The second-order valence-electron chi connectivity index (χ2n) is 7.82. The first-order valence-electron chi connectivity index (χ1n) is 11.4. The largest absolute Gasteiger partial charge is 0.462 e. The van der Waals surface area contributed by atoms with E-state index in [1.165, 1.54) is 0 Å². The van der Waals surface area contributed by atoms with E-state index in [4.69, 9.17) is 23.7 Å². The lowest BCUT2D eigenvalue weighted by Gasteiger charge is -2.16. The Morgan fingerprint density at radius 3 is 1.82 bits per heavy atom. The molecule has 0 aliphatic carbocycles. The van der Waals surface area contributed by atoms with E-state index in [0.717, 1.165) is 16.5 Å². The Hall–Kier alpha value is -3.20. The molecule has 1 aromatic heterocycles. The van der Waals surface area contributed by atoms with Crippen LogP contribution in [-0.2, 0) is 39.8 Å². The van der Waals surface area contributed by atoms with E-state index in [1.807, 2.05) is 65.4 Å². The molecule has 2 aromatic carbocycles. The van der Waals surface area contributed by atoms with E-state index >= 15 is 0 Å². The van der Waals surface area contributed by atoms with Crippen LogP contribution in [-0.4, -0.2) is 69.4 Å². The van der Waals surface area contributed by atoms with Crippen LogP contribution < -0.4 is 0 Å². The number of carbonyl (C=O) groups is 2. The van der Waals surface area contributed by atoms with Crippen LogP contribution >= 0.6 is 0 Å². The van der Waals surface area contributed by atoms with Crippen LogP contribution in [0.3, 0.4) is 0 Å². The zero-order valence-corrected chi connectivity index (χ0v) is 19.0. The average molecular weight is 468 g/mol. The highest BCUT2D eigenvalue weighted by molar-refractivity contribution is 6.04. The van der Waals surface area contributed by atoms with Gasteiger partial charge in [0.2, 0.25) is 0 Å². The van der Waals surface area contributed by atoms with Gasteiger partial charge in [0.25, 0.3) is 0 Å². The zero-order chi connectivity index (χ0) is 23.6. The van der Waals surface area contributed by atoms with Gasteiger partial charge in [0.05, 0.1) is 39.6 Å². The number of nitrogens with zero attached hydrogens (tertiary/aromatic N) is 1. The molecule has 3 aromatic rings. The number of benzene rings is 2. The van der Waals surface area contributed by atoms with Crippen molar-refractivity contribution in [2.45, 2.75) is 12.5 Å². The quantitative estimate of drug-likeness (QED) is 0.433. The molecule has 34 heavy (non-hydrogen) atoms. The summed E-state index contributed by atoms with van der Waals surface area (Å²) in [7, 11) is 0. The molecule has 180 valence electrons. The molecule has 0 amide bonds. The number of hydrogen-bond acceptors (Lipinski definition) is 7. The molecule has 2 heterocycles. The fourth-order valence-electron chi connectivity index (χ4n) is 3.88. The highest BCUT2D eigenvalue weighted by atomic mass is 16.6. The number of fused-ring (bicyclic) bond motifs is 1. The first-order valence-corrected chi connectivity index (χ1v) is 11.4. The monoisotopic (exact) mass is 467 g/mol. The van der Waals surface area contributed by atoms with E-state index < -0.39 is 17.9 Å². The molecular weight excluding hydrogens is 438 g/mol. The topological polar surface area (TPSA) is 85.2 Å². The Morgan fingerprint density at radius 1 is 0.676 bits per heavy atom. The molecule has 1 aliphatic rings. The van der Waals surface area contributed by atoms with E-state index in [2.05, 4.69) is 0 Å². The van der Waals surface area contributed by atoms with Crippen molar-refractivity contribution in [1.29, 1.82) is 0 Å². The molecule has 8 heteroatoms. The smallest absolute Gasteiger partial charge is 0.325 e. The summed E-state index contributed by atoms with van der Waals surface area (Å²) in [5.74, 6) is -2.54. The fourth-order valence-corrected chi connectivity index (χ4v) is 3.88. The van der Waals surface area contributed by atoms with Crippen LogP contribution in [0.2, 0.25) is 0 Å². The summed E-state index contributed by atoms with van der Waals surface area (Å²) in [6, 6.07) is 17.7. The van der Waals surface area contributed by atoms with Gasteiger partial charge in [-0.3, -0.25) is 9.59 Å². The number of hydrogen-bond donors (Lipinski definition) is 0. The third kappa shape index (κ3) is 6.22. The number of carbonyl (C=O) groups excluding carboxylic acids is 2. The molecule has 0 N–H and O–H groups in total. The molecule has 0 atom stereocenters. The molecule has 0 spiro atoms. The van der Waals surface area contributed by atoms with Gasteiger partial charge in [-0.05, 0) is 11.6 Å². The fraction of sp³-hybridized carbons (Fsp3) is 0.385. The number of rotatable bonds is 3. The molecule has 1 saturated heterocycles. The van der Waals surface area contributed by atoms with Gasteiger partial charge < -0.3 is 28.3 Å². The molecule has 4 rings (SSSR count). The Labute approximate surface area is 198 Å². The second-order valence-corrected chi connectivity index (χ2v) is 7.82. The summed E-state index contributed by atoms with van der Waals surface area (Å²) in [5, 5.41) is 0.802. The Bertz CT molecular complexity index is 1050. The predicted octanol–water partition coefficient (Wildman–Crippen LogP) is 2.92. The van der Waals surface area contributed by atoms with E-state index in [9.17, 15) is 9.59 Å². The zero-order valence-electron chi connectivity index (χ0n) is 19.0. The standard InChI is InChI=1S/C26H29NO7/c28-25-24(26(29)34-17-15-32-13-11-30-10-12-31-14-16-33-25)22-19-27(18-20-6-2-1-3-7-20)23-9-5-4-8-21(22)23/h1-9,19,24H,10-18H2. The summed E-state index contributed by atoms with van der Waals surface area (Å²) in [6.45, 7) is 2.72. The highest BCUT2D eigenvalue weighted by Gasteiger charge is 2.34. The van der Waals surface area contributed by atoms with E-state index in [-0.39, 0.29) is 26.4 Å². The molecule has 0 radical (unpaired) electrons. The minimum atomic E-state index is -1.21. The third-order valence-corrected chi connectivity index (χ3v) is 5.49. The third-order valence-electron chi connectivity index (χ3n) is 5.49. The highest BCUT2D eigenvalue weighted by Crippen LogP contribution is 2.30. The lowest BCUT2D eigenvalue weighted by molar-refractivity contribution is -0.159. The molecule has 0 bridgehead atoms. The molecule has 0 saturated carbocycles. The molecular formula is C26H29NO7. The van der Waals surface area contributed by atoms with Crippen LogP contribution in [0.1, 0.15) is 17.0 Å². The van der Waals surface area contributed by atoms with Gasteiger partial charge in [-0.15, -0.1) is 0 Å². The van der Waals surface area contributed by atoms with Gasteiger partial charge in [-0.1, -0.05) is 48.5 Å². The number of para-hydroxylation sites is 1. The first kappa shape index (κ1) is 23.9. The normalized spacial score (nSPS) is 17.9. The summed E-state index contributed by atoms with van der Waals surface area (Å²) in [6.07, 6.45) is 1.84. The van der Waals surface area contributed by atoms with Gasteiger partial charge in [0.15, 0.2) is 5.92 Å². The summed E-state index contributed by atoms with van der Waals surface area (Å²) < 4.78 is 29.1. The van der Waals surface area contributed by atoms with Gasteiger partial charge in [0, 0.05) is 29.2 Å². The minimum absolute atomic E-state index is 0.0361. The van der Waals surface area contributed by atoms with Crippen molar-refractivity contribution in [3.8, 4) is 0 Å². The predicted molar refractivity (Wildman–Crippen MR) is 125 cm³/mol.